The Morgan fingerprint density at radius 3 is 2.70 bits per heavy atom. The second-order valence-electron chi connectivity index (χ2n) is 6.71. The summed E-state index contributed by atoms with van der Waals surface area (Å²) < 4.78 is 0. The van der Waals surface area contributed by atoms with E-state index in [1.54, 1.807) is 54.6 Å². The summed E-state index contributed by atoms with van der Waals surface area (Å²) in [4.78, 5) is 43.2. The summed E-state index contributed by atoms with van der Waals surface area (Å²) in [5.41, 5.74) is 2.13. The van der Waals surface area contributed by atoms with Crippen LogP contribution in [-0.4, -0.2) is 63.8 Å². The molecule has 0 N–H and O–H groups in total. The average molecular weight is 381 g/mol. The van der Waals surface area contributed by atoms with Crippen molar-refractivity contribution in [2.45, 2.75) is 12.3 Å². The molecule has 0 saturated carbocycles. The Morgan fingerprint density at radius 1 is 1.15 bits per heavy atom. The third kappa shape index (κ3) is 3.16. The monoisotopic (exact) mass is 381 g/mol. The van der Waals surface area contributed by atoms with E-state index in [-0.39, 0.29) is 17.7 Å². The van der Waals surface area contributed by atoms with Crippen LogP contribution >= 0.6 is 11.3 Å². The third-order valence-electron chi connectivity index (χ3n) is 4.73. The van der Waals surface area contributed by atoms with E-state index in [0.717, 1.165) is 22.3 Å². The highest BCUT2D eigenvalue weighted by atomic mass is 32.1. The van der Waals surface area contributed by atoms with E-state index < -0.39 is 0 Å². The molecule has 0 radical (unpaired) electrons. The topological polar surface area (TPSA) is 79.3 Å². The number of fused-ring (bicyclic) bond motifs is 1. The van der Waals surface area contributed by atoms with Gasteiger partial charge in [0.1, 0.15) is 16.0 Å². The molecule has 1 saturated heterocycles. The highest BCUT2D eigenvalue weighted by Gasteiger charge is 2.34. The van der Waals surface area contributed by atoms with Crippen molar-refractivity contribution in [1.29, 1.82) is 0 Å². The zero-order chi connectivity index (χ0) is 19.0. The van der Waals surface area contributed by atoms with Crippen LogP contribution in [0.4, 0.5) is 0 Å². The van der Waals surface area contributed by atoms with E-state index in [1.807, 2.05) is 6.07 Å². The molecule has 3 aromatic heterocycles. The molecular weight excluding hydrogens is 362 g/mol. The molecule has 0 aliphatic carbocycles. The van der Waals surface area contributed by atoms with E-state index in [1.165, 1.54) is 11.3 Å². The Kier molecular flexibility index (Phi) is 4.57. The van der Waals surface area contributed by atoms with Gasteiger partial charge in [0.25, 0.3) is 11.8 Å². The molecule has 0 aromatic carbocycles. The molecule has 2 amide bonds. The number of rotatable bonds is 3. The number of hydrogen-bond donors (Lipinski definition) is 0. The van der Waals surface area contributed by atoms with E-state index in [0.29, 0.717) is 23.7 Å². The van der Waals surface area contributed by atoms with Gasteiger partial charge >= 0.3 is 0 Å². The van der Waals surface area contributed by atoms with Crippen molar-refractivity contribution >= 4 is 33.5 Å². The van der Waals surface area contributed by atoms with Crippen LogP contribution in [0.2, 0.25) is 0 Å². The molecule has 1 atom stereocenters. The Labute approximate surface area is 160 Å². The average Bonchev–Trinajstić information content (AvgIpc) is 3.31. The van der Waals surface area contributed by atoms with Crippen LogP contribution in [-0.2, 0) is 0 Å². The lowest BCUT2D eigenvalue weighted by atomic mass is 9.97. The summed E-state index contributed by atoms with van der Waals surface area (Å²) in [7, 11) is 3.48. The quantitative estimate of drug-likeness (QED) is 0.696. The number of aromatic nitrogens is 3. The van der Waals surface area contributed by atoms with Gasteiger partial charge in [0.2, 0.25) is 0 Å². The van der Waals surface area contributed by atoms with Crippen LogP contribution < -0.4 is 0 Å². The number of pyridine rings is 1. The summed E-state index contributed by atoms with van der Waals surface area (Å²) in [5.74, 6) is -0.0736. The first kappa shape index (κ1) is 17.5. The zero-order valence-electron chi connectivity index (χ0n) is 15.1. The van der Waals surface area contributed by atoms with Crippen molar-refractivity contribution in [2.75, 3.05) is 27.2 Å². The van der Waals surface area contributed by atoms with Crippen molar-refractivity contribution in [2.24, 2.45) is 0 Å². The van der Waals surface area contributed by atoms with Gasteiger partial charge in [-0.15, -0.1) is 11.3 Å². The smallest absolute Gasteiger partial charge is 0.272 e. The molecular formula is C19H19N5O2S. The minimum Gasteiger partial charge on any atom is -0.344 e. The number of amides is 2. The van der Waals surface area contributed by atoms with Gasteiger partial charge in [-0.05, 0) is 18.6 Å². The van der Waals surface area contributed by atoms with E-state index in [2.05, 4.69) is 15.0 Å². The molecule has 1 aliphatic heterocycles. The largest absolute Gasteiger partial charge is 0.344 e. The van der Waals surface area contributed by atoms with Crippen LogP contribution in [0.25, 0.3) is 10.3 Å². The van der Waals surface area contributed by atoms with Gasteiger partial charge in [-0.2, -0.15) is 0 Å². The first-order valence-corrected chi connectivity index (χ1v) is 9.53. The van der Waals surface area contributed by atoms with Gasteiger partial charge in [-0.1, -0.05) is 6.07 Å². The minimum atomic E-state index is -0.0794. The maximum absolute atomic E-state index is 12.7. The second kappa shape index (κ2) is 7.03. The molecule has 1 unspecified atom stereocenters. The predicted molar refractivity (Wildman–Crippen MR) is 103 cm³/mol. The van der Waals surface area contributed by atoms with E-state index in [4.69, 9.17) is 0 Å². The van der Waals surface area contributed by atoms with Crippen molar-refractivity contribution in [1.82, 2.24) is 24.8 Å². The number of nitrogens with zero attached hydrogens (tertiary/aromatic N) is 5. The molecule has 1 aliphatic rings. The van der Waals surface area contributed by atoms with E-state index >= 15 is 0 Å². The lowest BCUT2D eigenvalue weighted by molar-refractivity contribution is 0.0785. The van der Waals surface area contributed by atoms with Gasteiger partial charge in [0, 0.05) is 57.3 Å². The molecule has 4 rings (SSSR count). The van der Waals surface area contributed by atoms with Crippen molar-refractivity contribution in [3.8, 4) is 0 Å². The number of carbonyl (C=O) groups excluding carboxylic acids is 2. The molecule has 0 spiro atoms. The molecule has 1 fully saturated rings. The molecule has 7 nitrogen and oxygen atoms in total. The van der Waals surface area contributed by atoms with Crippen molar-refractivity contribution in [3.63, 3.8) is 0 Å². The molecule has 3 aromatic rings. The van der Waals surface area contributed by atoms with Crippen molar-refractivity contribution in [3.05, 3.63) is 52.9 Å². The molecule has 0 bridgehead atoms. The highest BCUT2D eigenvalue weighted by Crippen LogP contribution is 2.39. The van der Waals surface area contributed by atoms with Crippen LogP contribution in [0.5, 0.6) is 0 Å². The number of hydrogen-bond acceptors (Lipinski definition) is 6. The first-order valence-electron chi connectivity index (χ1n) is 8.71. The third-order valence-corrected chi connectivity index (χ3v) is 5.82. The second-order valence-corrected chi connectivity index (χ2v) is 7.71. The Bertz CT molecular complexity index is 1000. The van der Waals surface area contributed by atoms with Gasteiger partial charge in [0.15, 0.2) is 0 Å². The highest BCUT2D eigenvalue weighted by molar-refractivity contribution is 7.20. The maximum atomic E-state index is 12.7. The normalized spacial score (nSPS) is 16.7. The van der Waals surface area contributed by atoms with Crippen molar-refractivity contribution < 1.29 is 9.59 Å². The van der Waals surface area contributed by atoms with Crippen LogP contribution in [0.3, 0.4) is 0 Å². The Balaban J connectivity index is 1.68. The fourth-order valence-corrected chi connectivity index (χ4v) is 4.63. The maximum Gasteiger partial charge on any atom is 0.272 e. The summed E-state index contributed by atoms with van der Waals surface area (Å²) in [5, 5.41) is 0. The summed E-state index contributed by atoms with van der Waals surface area (Å²) in [6, 6.07) is 5.32. The zero-order valence-corrected chi connectivity index (χ0v) is 15.9. The van der Waals surface area contributed by atoms with Crippen LogP contribution in [0, 0.1) is 0 Å². The molecule has 8 heteroatoms. The fourth-order valence-electron chi connectivity index (χ4n) is 3.42. The number of carbonyl (C=O) groups is 2. The fraction of sp³-hybridized carbons (Fsp3) is 0.316. The minimum absolute atomic E-state index is 0.0516. The first-order chi connectivity index (χ1) is 13.1. The molecule has 138 valence electrons. The molecule has 4 heterocycles. The molecule has 27 heavy (non-hydrogen) atoms. The van der Waals surface area contributed by atoms with Gasteiger partial charge in [-0.25, -0.2) is 4.98 Å². The lowest BCUT2D eigenvalue weighted by Gasteiger charge is -2.17. The van der Waals surface area contributed by atoms with Crippen LogP contribution in [0.1, 0.15) is 38.1 Å². The number of thiophene rings is 1. The van der Waals surface area contributed by atoms with E-state index in [9.17, 15) is 9.59 Å². The van der Waals surface area contributed by atoms with Crippen LogP contribution in [0.15, 0.2) is 36.8 Å². The van der Waals surface area contributed by atoms with Gasteiger partial charge in [-0.3, -0.25) is 19.6 Å². The SMILES string of the molecule is CN(C)C(=O)c1sc2nccnc2c1C1CCN(C(=O)c2ccccn2)C1. The summed E-state index contributed by atoms with van der Waals surface area (Å²) in [6.45, 7) is 1.18. The summed E-state index contributed by atoms with van der Waals surface area (Å²) in [6.07, 6.45) is 5.69. The Hall–Kier alpha value is -2.87. The number of likely N-dealkylation sites (tertiary alicyclic amines) is 1. The lowest BCUT2D eigenvalue weighted by Crippen LogP contribution is -2.29. The summed E-state index contributed by atoms with van der Waals surface area (Å²) >= 11 is 1.37. The predicted octanol–water partition coefficient (Wildman–Crippen LogP) is 2.42. The van der Waals surface area contributed by atoms with Gasteiger partial charge in [0.05, 0.1) is 4.88 Å². The Morgan fingerprint density at radius 2 is 1.96 bits per heavy atom. The standard InChI is InChI=1S/C19H19N5O2S/c1-23(2)19(26)16-14(15-17(27-16)22-9-8-21-15)12-6-10-24(11-12)18(25)13-5-3-4-7-20-13/h3-5,7-9,12H,6,10-11H2,1-2H3. The van der Waals surface area contributed by atoms with Gasteiger partial charge < -0.3 is 9.80 Å².